The zero-order valence-corrected chi connectivity index (χ0v) is 12.5. The number of nitrogens with one attached hydrogen (secondary N) is 2. The maximum atomic E-state index is 11.8. The fourth-order valence-electron chi connectivity index (χ4n) is 1.36. The molecular weight excluding hydrogens is 282 g/mol. The van der Waals surface area contributed by atoms with Crippen LogP contribution in [0.15, 0.2) is 18.3 Å². The van der Waals surface area contributed by atoms with E-state index in [-0.39, 0.29) is 23.9 Å². The first-order valence-electron chi connectivity index (χ1n) is 6.12. The average Bonchev–Trinajstić information content (AvgIpc) is 2.35. The lowest BCUT2D eigenvalue weighted by molar-refractivity contribution is 0.0540. The summed E-state index contributed by atoms with van der Waals surface area (Å²) in [5, 5.41) is 0. The molecule has 0 aromatic carbocycles. The van der Waals surface area contributed by atoms with Gasteiger partial charge in [0.15, 0.2) is 11.6 Å². The van der Waals surface area contributed by atoms with Crippen molar-refractivity contribution in [2.24, 2.45) is 0 Å². The van der Waals surface area contributed by atoms with Crippen molar-refractivity contribution in [3.05, 3.63) is 23.9 Å². The molecule has 110 valence electrons. The second-order valence-electron chi connectivity index (χ2n) is 5.01. The van der Waals surface area contributed by atoms with Crippen molar-refractivity contribution in [3.8, 4) is 0 Å². The van der Waals surface area contributed by atoms with Crippen molar-refractivity contribution < 1.29 is 14.3 Å². The maximum absolute atomic E-state index is 11.8. The highest BCUT2D eigenvalue weighted by atomic mass is 35.5. The molecule has 6 nitrogen and oxygen atoms in total. The lowest BCUT2D eigenvalue weighted by atomic mass is 10.1. The van der Waals surface area contributed by atoms with E-state index in [1.807, 2.05) is 0 Å². The molecule has 0 aliphatic carbocycles. The van der Waals surface area contributed by atoms with Gasteiger partial charge in [-0.2, -0.15) is 0 Å². The number of pyridine rings is 1. The van der Waals surface area contributed by atoms with Gasteiger partial charge in [0.25, 0.3) is 0 Å². The van der Waals surface area contributed by atoms with Crippen LogP contribution in [-0.4, -0.2) is 28.3 Å². The number of rotatable bonds is 5. The first-order chi connectivity index (χ1) is 9.33. The molecule has 0 saturated heterocycles. The highest BCUT2D eigenvalue weighted by Gasteiger charge is 2.17. The fourth-order valence-corrected chi connectivity index (χ4v) is 1.54. The topological polar surface area (TPSA) is 80.3 Å². The minimum absolute atomic E-state index is 0.151. The van der Waals surface area contributed by atoms with Crippen LogP contribution in [0.1, 0.15) is 37.6 Å². The Morgan fingerprint density at radius 2 is 2.10 bits per heavy atom. The van der Waals surface area contributed by atoms with Gasteiger partial charge in [0, 0.05) is 18.5 Å². The summed E-state index contributed by atoms with van der Waals surface area (Å²) in [6.07, 6.45) is 1.06. The summed E-state index contributed by atoms with van der Waals surface area (Å²) in [6.45, 7) is 5.26. The molecular formula is C13H18ClN3O3. The van der Waals surface area contributed by atoms with Crippen molar-refractivity contribution in [2.45, 2.75) is 32.8 Å². The number of aromatic nitrogens is 1. The predicted octanol–water partition coefficient (Wildman–Crippen LogP) is 2.74. The van der Waals surface area contributed by atoms with Crippen LogP contribution in [0.5, 0.6) is 0 Å². The minimum Gasteiger partial charge on any atom is -0.443 e. The summed E-state index contributed by atoms with van der Waals surface area (Å²) < 4.78 is 5.06. The van der Waals surface area contributed by atoms with Gasteiger partial charge in [-0.05, 0) is 32.9 Å². The summed E-state index contributed by atoms with van der Waals surface area (Å²) >= 11 is 5.55. The molecule has 20 heavy (non-hydrogen) atoms. The molecule has 0 aliphatic heterocycles. The number of Topliss-reactive ketones (excluding diaryl/α,β-unsaturated/α-hetero) is 1. The SMILES string of the molecule is CC(C)(C)OC(=O)NNc1ncccc1C(=O)CCCl. The molecule has 1 amide bonds. The van der Waals surface area contributed by atoms with Gasteiger partial charge in [0.05, 0.1) is 5.56 Å². The van der Waals surface area contributed by atoms with Crippen molar-refractivity contribution in [2.75, 3.05) is 11.3 Å². The van der Waals surface area contributed by atoms with Crippen molar-refractivity contribution in [1.82, 2.24) is 10.4 Å². The van der Waals surface area contributed by atoms with Crippen LogP contribution in [0.2, 0.25) is 0 Å². The van der Waals surface area contributed by atoms with Crippen LogP contribution in [0.4, 0.5) is 10.6 Å². The van der Waals surface area contributed by atoms with E-state index in [4.69, 9.17) is 16.3 Å². The minimum atomic E-state index is -0.654. The van der Waals surface area contributed by atoms with Crippen LogP contribution >= 0.6 is 11.6 Å². The van der Waals surface area contributed by atoms with Gasteiger partial charge in [-0.15, -0.1) is 11.6 Å². The van der Waals surface area contributed by atoms with E-state index < -0.39 is 11.7 Å². The molecule has 1 aromatic rings. The van der Waals surface area contributed by atoms with E-state index in [2.05, 4.69) is 15.8 Å². The summed E-state index contributed by atoms with van der Waals surface area (Å²) in [7, 11) is 0. The highest BCUT2D eigenvalue weighted by molar-refractivity contribution is 6.19. The van der Waals surface area contributed by atoms with Gasteiger partial charge in [0.1, 0.15) is 5.60 Å². The highest BCUT2D eigenvalue weighted by Crippen LogP contribution is 2.13. The first-order valence-corrected chi connectivity index (χ1v) is 6.66. The van der Waals surface area contributed by atoms with Crippen LogP contribution in [-0.2, 0) is 4.74 Å². The Bertz CT molecular complexity index is 486. The number of hydrogen-bond donors (Lipinski definition) is 2. The number of halogens is 1. The molecule has 7 heteroatoms. The molecule has 0 bridgehead atoms. The van der Waals surface area contributed by atoms with E-state index >= 15 is 0 Å². The molecule has 1 heterocycles. The summed E-state index contributed by atoms with van der Waals surface area (Å²) in [6, 6.07) is 3.25. The lowest BCUT2D eigenvalue weighted by Crippen LogP contribution is -2.36. The molecule has 1 aromatic heterocycles. The smallest absolute Gasteiger partial charge is 0.426 e. The average molecular weight is 300 g/mol. The molecule has 0 radical (unpaired) electrons. The van der Waals surface area contributed by atoms with Crippen molar-refractivity contribution >= 4 is 29.3 Å². The Hall–Kier alpha value is -1.82. The Morgan fingerprint density at radius 1 is 1.40 bits per heavy atom. The molecule has 0 fully saturated rings. The van der Waals surface area contributed by atoms with Crippen LogP contribution in [0.3, 0.4) is 0 Å². The number of hydrazine groups is 1. The monoisotopic (exact) mass is 299 g/mol. The van der Waals surface area contributed by atoms with Gasteiger partial charge in [-0.3, -0.25) is 10.2 Å². The van der Waals surface area contributed by atoms with E-state index in [1.165, 1.54) is 6.20 Å². The van der Waals surface area contributed by atoms with Crippen LogP contribution in [0, 0.1) is 0 Å². The number of alkyl halides is 1. The summed E-state index contributed by atoms with van der Waals surface area (Å²) in [5.74, 6) is 0.335. The number of hydrogen-bond acceptors (Lipinski definition) is 5. The standard InChI is InChI=1S/C13H18ClN3O3/c1-13(2,3)20-12(19)17-16-11-9(5-4-8-15-11)10(18)6-7-14/h4-5,8H,6-7H2,1-3H3,(H,15,16)(H,17,19). The van der Waals surface area contributed by atoms with Gasteiger partial charge in [0.2, 0.25) is 0 Å². The lowest BCUT2D eigenvalue weighted by Gasteiger charge is -2.20. The molecule has 0 aliphatic rings. The zero-order chi connectivity index (χ0) is 15.2. The zero-order valence-electron chi connectivity index (χ0n) is 11.7. The van der Waals surface area contributed by atoms with Gasteiger partial charge in [-0.1, -0.05) is 0 Å². The summed E-state index contributed by atoms with van der Waals surface area (Å²) in [4.78, 5) is 27.3. The van der Waals surface area contributed by atoms with Gasteiger partial charge < -0.3 is 4.74 Å². The summed E-state index contributed by atoms with van der Waals surface area (Å²) in [5.41, 5.74) is 4.67. The van der Waals surface area contributed by atoms with Crippen molar-refractivity contribution in [3.63, 3.8) is 0 Å². The third kappa shape index (κ3) is 5.44. The second kappa shape index (κ2) is 7.09. The third-order valence-electron chi connectivity index (χ3n) is 2.11. The maximum Gasteiger partial charge on any atom is 0.426 e. The molecule has 0 saturated carbocycles. The number of nitrogens with zero attached hydrogens (tertiary/aromatic N) is 1. The number of anilines is 1. The molecule has 0 unspecified atom stereocenters. The van der Waals surface area contributed by atoms with E-state index in [1.54, 1.807) is 32.9 Å². The fraction of sp³-hybridized carbons (Fsp3) is 0.462. The number of carbonyl (C=O) groups is 2. The van der Waals surface area contributed by atoms with Gasteiger partial charge >= 0.3 is 6.09 Å². The molecule has 2 N–H and O–H groups in total. The van der Waals surface area contributed by atoms with Gasteiger partial charge in [-0.25, -0.2) is 15.2 Å². The normalized spacial score (nSPS) is 10.8. The Kier molecular flexibility index (Phi) is 5.76. The van der Waals surface area contributed by atoms with E-state index in [0.29, 0.717) is 5.56 Å². The quantitative estimate of drug-likeness (QED) is 0.496. The second-order valence-corrected chi connectivity index (χ2v) is 5.39. The number of ketones is 1. The first kappa shape index (κ1) is 16.2. The number of amides is 1. The van der Waals surface area contributed by atoms with Crippen LogP contribution < -0.4 is 10.9 Å². The van der Waals surface area contributed by atoms with E-state index in [0.717, 1.165) is 0 Å². The van der Waals surface area contributed by atoms with Crippen LogP contribution in [0.25, 0.3) is 0 Å². The van der Waals surface area contributed by atoms with E-state index in [9.17, 15) is 9.59 Å². The third-order valence-corrected chi connectivity index (χ3v) is 2.30. The Balaban J connectivity index is 2.69. The number of ether oxygens (including phenoxy) is 1. The molecule has 0 spiro atoms. The Morgan fingerprint density at radius 3 is 2.70 bits per heavy atom. The largest absolute Gasteiger partial charge is 0.443 e. The number of carbonyl (C=O) groups excluding carboxylic acids is 2. The molecule has 0 atom stereocenters. The molecule has 1 rings (SSSR count). The Labute approximate surface area is 122 Å². The predicted molar refractivity (Wildman–Crippen MR) is 76.9 cm³/mol. The van der Waals surface area contributed by atoms with Crippen molar-refractivity contribution in [1.29, 1.82) is 0 Å².